The number of rotatable bonds is 4. The van der Waals surface area contributed by atoms with Gasteiger partial charge in [-0.3, -0.25) is 4.31 Å². The summed E-state index contributed by atoms with van der Waals surface area (Å²) >= 11 is 1.77. The molecule has 0 aromatic heterocycles. The van der Waals surface area contributed by atoms with Crippen molar-refractivity contribution in [1.29, 1.82) is 0 Å². The van der Waals surface area contributed by atoms with E-state index in [2.05, 4.69) is 0 Å². The number of hydrogen-bond donors (Lipinski definition) is 0. The number of carbonyl (C=O) groups excluding carboxylic acids is 1. The number of halogens is 2. The molecular weight excluding hydrogens is 456 g/mol. The van der Waals surface area contributed by atoms with Gasteiger partial charge in [0.05, 0.1) is 29.3 Å². The lowest BCUT2D eigenvalue weighted by atomic mass is 9.70. The maximum Gasteiger partial charge on any atom is 0.340 e. The van der Waals surface area contributed by atoms with E-state index in [4.69, 9.17) is 4.74 Å². The number of anilines is 1. The zero-order valence-corrected chi connectivity index (χ0v) is 19.1. The van der Waals surface area contributed by atoms with Crippen molar-refractivity contribution in [2.75, 3.05) is 22.9 Å². The van der Waals surface area contributed by atoms with E-state index in [1.54, 1.807) is 11.8 Å². The Labute approximate surface area is 190 Å². The molecule has 9 heteroatoms. The van der Waals surface area contributed by atoms with Crippen LogP contribution in [0.4, 0.5) is 14.5 Å². The fourth-order valence-corrected chi connectivity index (χ4v) is 8.36. The molecular formula is C23H23F2NO4S2. The van der Waals surface area contributed by atoms with Gasteiger partial charge in [-0.2, -0.15) is 11.8 Å². The van der Waals surface area contributed by atoms with Crippen molar-refractivity contribution in [3.63, 3.8) is 0 Å². The maximum absolute atomic E-state index is 15.9. The Bertz CT molecular complexity index is 1170. The Morgan fingerprint density at radius 2 is 1.75 bits per heavy atom. The fraction of sp³-hybridized carbons (Fsp3) is 0.435. The van der Waals surface area contributed by atoms with Crippen molar-refractivity contribution in [2.24, 2.45) is 5.92 Å². The number of nitrogens with zero attached hydrogens (tertiary/aromatic N) is 1. The number of esters is 1. The molecule has 0 N–H and O–H groups in total. The monoisotopic (exact) mass is 479 g/mol. The second-order valence-electron chi connectivity index (χ2n) is 8.62. The summed E-state index contributed by atoms with van der Waals surface area (Å²) in [4.78, 5) is 12.2. The summed E-state index contributed by atoms with van der Waals surface area (Å²) < 4.78 is 63.3. The second-order valence-corrected chi connectivity index (χ2v) is 11.7. The van der Waals surface area contributed by atoms with Crippen LogP contribution in [0.25, 0.3) is 0 Å². The smallest absolute Gasteiger partial charge is 0.340 e. The first-order chi connectivity index (χ1) is 15.3. The standard InChI is InChI=1S/C23H23F2NO4S2/c1-30-22(27)17-8-9-18-19(20(17)25)23(10-12-31-13-11-23)21(14-2-3-14)26(18)32(28,29)16-6-4-15(24)5-7-16/h4-9,14,21H,2-3,10-13H2,1H3. The van der Waals surface area contributed by atoms with Gasteiger partial charge >= 0.3 is 5.97 Å². The highest BCUT2D eigenvalue weighted by molar-refractivity contribution is 7.99. The van der Waals surface area contributed by atoms with Crippen LogP contribution in [-0.4, -0.2) is 39.0 Å². The van der Waals surface area contributed by atoms with Crippen LogP contribution in [0.2, 0.25) is 0 Å². The maximum atomic E-state index is 15.9. The molecule has 1 saturated carbocycles. The molecule has 1 saturated heterocycles. The van der Waals surface area contributed by atoms with Crippen LogP contribution in [0.5, 0.6) is 0 Å². The quantitative estimate of drug-likeness (QED) is 0.604. The first-order valence-corrected chi connectivity index (χ1v) is 13.2. The van der Waals surface area contributed by atoms with Crippen LogP contribution in [0, 0.1) is 17.6 Å². The van der Waals surface area contributed by atoms with E-state index >= 15 is 4.39 Å². The van der Waals surface area contributed by atoms with Crippen LogP contribution < -0.4 is 4.31 Å². The van der Waals surface area contributed by atoms with Gasteiger partial charge in [-0.1, -0.05) is 0 Å². The number of sulfonamides is 1. The van der Waals surface area contributed by atoms with Crippen LogP contribution >= 0.6 is 11.8 Å². The van der Waals surface area contributed by atoms with Gasteiger partial charge in [-0.15, -0.1) is 0 Å². The first kappa shape index (κ1) is 21.7. The molecule has 1 spiro atoms. The third-order valence-electron chi connectivity index (χ3n) is 6.90. The average Bonchev–Trinajstić information content (AvgIpc) is 3.58. The first-order valence-electron chi connectivity index (χ1n) is 10.6. The molecule has 3 aliphatic rings. The molecule has 1 unspecified atom stereocenters. The highest BCUT2D eigenvalue weighted by Crippen LogP contribution is 2.60. The fourth-order valence-electron chi connectivity index (χ4n) is 5.35. The summed E-state index contributed by atoms with van der Waals surface area (Å²) in [7, 11) is -2.88. The molecule has 5 rings (SSSR count). The van der Waals surface area contributed by atoms with E-state index in [0.29, 0.717) is 18.4 Å². The number of carbonyl (C=O) groups is 1. The normalized spacial score (nSPS) is 22.1. The second kappa shape index (κ2) is 7.73. The minimum absolute atomic E-state index is 0.0322. The van der Waals surface area contributed by atoms with Crippen molar-refractivity contribution >= 4 is 33.4 Å². The van der Waals surface area contributed by atoms with Crippen LogP contribution in [0.3, 0.4) is 0 Å². The predicted octanol–water partition coefficient (Wildman–Crippen LogP) is 4.50. The molecule has 2 aromatic carbocycles. The van der Waals surface area contributed by atoms with Crippen molar-refractivity contribution < 1.29 is 26.7 Å². The Morgan fingerprint density at radius 1 is 1.09 bits per heavy atom. The van der Waals surface area contributed by atoms with E-state index in [1.165, 1.54) is 35.7 Å². The molecule has 5 nitrogen and oxygen atoms in total. The van der Waals surface area contributed by atoms with E-state index in [0.717, 1.165) is 36.5 Å². The van der Waals surface area contributed by atoms with Crippen LogP contribution in [-0.2, 0) is 20.2 Å². The van der Waals surface area contributed by atoms with Crippen LogP contribution in [0.15, 0.2) is 41.3 Å². The van der Waals surface area contributed by atoms with Gasteiger partial charge in [0.15, 0.2) is 0 Å². The lowest BCUT2D eigenvalue weighted by Crippen LogP contribution is -2.50. The number of fused-ring (bicyclic) bond motifs is 2. The van der Waals surface area contributed by atoms with Gasteiger partial charge in [-0.25, -0.2) is 22.0 Å². The van der Waals surface area contributed by atoms with Crippen molar-refractivity contribution in [1.82, 2.24) is 0 Å². The lowest BCUT2D eigenvalue weighted by molar-refractivity contribution is 0.0595. The van der Waals surface area contributed by atoms with Gasteiger partial charge in [0.25, 0.3) is 10.0 Å². The highest BCUT2D eigenvalue weighted by Gasteiger charge is 2.60. The Hall–Kier alpha value is -2.13. The molecule has 1 atom stereocenters. The zero-order valence-electron chi connectivity index (χ0n) is 17.5. The van der Waals surface area contributed by atoms with Crippen LogP contribution in [0.1, 0.15) is 41.6 Å². The molecule has 32 heavy (non-hydrogen) atoms. The van der Waals surface area contributed by atoms with Gasteiger partial charge in [0.2, 0.25) is 0 Å². The van der Waals surface area contributed by atoms with E-state index < -0.39 is 39.1 Å². The summed E-state index contributed by atoms with van der Waals surface area (Å²) in [6.07, 6.45) is 2.99. The summed E-state index contributed by atoms with van der Waals surface area (Å²) in [6.45, 7) is 0. The van der Waals surface area contributed by atoms with E-state index in [1.807, 2.05) is 0 Å². The number of hydrogen-bond acceptors (Lipinski definition) is 5. The predicted molar refractivity (Wildman–Crippen MR) is 119 cm³/mol. The zero-order chi connectivity index (χ0) is 22.7. The summed E-state index contributed by atoms with van der Waals surface area (Å²) in [6, 6.07) is 7.11. The highest BCUT2D eigenvalue weighted by atomic mass is 32.2. The summed E-state index contributed by atoms with van der Waals surface area (Å²) in [5.74, 6) is -0.317. The summed E-state index contributed by atoms with van der Waals surface area (Å²) in [5.41, 5.74) is -0.297. The number of methoxy groups -OCH3 is 1. The molecule has 0 radical (unpaired) electrons. The van der Waals surface area contributed by atoms with Gasteiger partial charge in [0, 0.05) is 11.0 Å². The molecule has 1 aliphatic carbocycles. The molecule has 2 aromatic rings. The number of thioether (sulfide) groups is 1. The van der Waals surface area contributed by atoms with Gasteiger partial charge in [0.1, 0.15) is 11.6 Å². The minimum atomic E-state index is -4.08. The molecule has 170 valence electrons. The van der Waals surface area contributed by atoms with Crippen molar-refractivity contribution in [3.8, 4) is 0 Å². The SMILES string of the molecule is COC(=O)c1ccc2c(c1F)C1(CCSCC1)C(C1CC1)N2S(=O)(=O)c1ccc(F)cc1. The van der Waals surface area contributed by atoms with Crippen molar-refractivity contribution in [3.05, 3.63) is 59.2 Å². The van der Waals surface area contributed by atoms with Gasteiger partial charge in [-0.05, 0) is 79.5 Å². The third kappa shape index (κ3) is 3.15. The Kier molecular flexibility index (Phi) is 5.24. The summed E-state index contributed by atoms with van der Waals surface area (Å²) in [5, 5.41) is 0. The molecule has 2 fully saturated rings. The van der Waals surface area contributed by atoms with Crippen molar-refractivity contribution in [2.45, 2.75) is 42.0 Å². The molecule has 2 heterocycles. The topological polar surface area (TPSA) is 63.7 Å². The molecule has 2 aliphatic heterocycles. The Balaban J connectivity index is 1.76. The minimum Gasteiger partial charge on any atom is -0.465 e. The lowest BCUT2D eigenvalue weighted by Gasteiger charge is -2.41. The van der Waals surface area contributed by atoms with Gasteiger partial charge < -0.3 is 4.74 Å². The van der Waals surface area contributed by atoms with E-state index in [-0.39, 0.29) is 22.1 Å². The Morgan fingerprint density at radius 3 is 2.34 bits per heavy atom. The van der Waals surface area contributed by atoms with E-state index in [9.17, 15) is 17.6 Å². The largest absolute Gasteiger partial charge is 0.465 e. The third-order valence-corrected chi connectivity index (χ3v) is 9.70. The number of benzene rings is 2. The number of ether oxygens (including phenoxy) is 1. The molecule has 0 amide bonds. The molecule has 0 bridgehead atoms. The average molecular weight is 480 g/mol.